The van der Waals surface area contributed by atoms with Crippen molar-refractivity contribution in [1.82, 2.24) is 4.98 Å². The minimum atomic E-state index is -0.104. The van der Waals surface area contributed by atoms with E-state index < -0.39 is 0 Å². The molecule has 0 saturated carbocycles. The molecule has 1 aliphatic carbocycles. The fraction of sp³-hybridized carbons (Fsp3) is 0.174. The Labute approximate surface area is 151 Å². The molecule has 26 heavy (non-hydrogen) atoms. The summed E-state index contributed by atoms with van der Waals surface area (Å²) in [5, 5.41) is 23.4. The van der Waals surface area contributed by atoms with Gasteiger partial charge in [-0.1, -0.05) is 30.3 Å². The van der Waals surface area contributed by atoms with Crippen LogP contribution in [0.15, 0.2) is 54.6 Å². The molecule has 3 aromatic carbocycles. The van der Waals surface area contributed by atoms with Crippen molar-refractivity contribution < 1.29 is 10.2 Å². The van der Waals surface area contributed by atoms with Crippen molar-refractivity contribution in [2.24, 2.45) is 0 Å². The van der Waals surface area contributed by atoms with E-state index in [1.54, 1.807) is 6.07 Å². The number of hydrogen-bond donors (Lipinski definition) is 2. The van der Waals surface area contributed by atoms with E-state index in [-0.39, 0.29) is 11.5 Å². The Morgan fingerprint density at radius 1 is 0.769 bits per heavy atom. The van der Waals surface area contributed by atoms with E-state index in [2.05, 4.69) is 36.4 Å². The molecule has 0 spiro atoms. The standard InChI is InChI=1S/C23H19NO2/c25-20-12-10-15(13-21(20)26)23-18-8-4-3-7-17(18)22-16-6-2-1-5-14(16)9-11-19(22)24-23/h1-2,5-6,9-13,25-26H,3-4,7-8H2. The van der Waals surface area contributed by atoms with Gasteiger partial charge in [-0.3, -0.25) is 0 Å². The van der Waals surface area contributed by atoms with E-state index >= 15 is 0 Å². The van der Waals surface area contributed by atoms with Gasteiger partial charge in [-0.2, -0.15) is 0 Å². The molecule has 0 saturated heterocycles. The van der Waals surface area contributed by atoms with Crippen LogP contribution in [0, 0.1) is 0 Å². The Kier molecular flexibility index (Phi) is 3.35. The third-order valence-electron chi connectivity index (χ3n) is 5.44. The monoisotopic (exact) mass is 341 g/mol. The van der Waals surface area contributed by atoms with Crippen LogP contribution in [0.3, 0.4) is 0 Å². The largest absolute Gasteiger partial charge is 0.504 e. The first-order valence-corrected chi connectivity index (χ1v) is 9.08. The summed E-state index contributed by atoms with van der Waals surface area (Å²) in [5.74, 6) is -0.207. The van der Waals surface area contributed by atoms with E-state index in [1.165, 1.54) is 39.8 Å². The summed E-state index contributed by atoms with van der Waals surface area (Å²) in [5.41, 5.74) is 5.45. The van der Waals surface area contributed by atoms with Gasteiger partial charge in [-0.25, -0.2) is 4.98 Å². The molecule has 0 bridgehead atoms. The summed E-state index contributed by atoms with van der Waals surface area (Å²) in [7, 11) is 0. The van der Waals surface area contributed by atoms with Crippen molar-refractivity contribution in [3.8, 4) is 22.8 Å². The quantitative estimate of drug-likeness (QED) is 0.363. The van der Waals surface area contributed by atoms with E-state index in [1.807, 2.05) is 6.07 Å². The minimum Gasteiger partial charge on any atom is -0.504 e. The molecule has 128 valence electrons. The van der Waals surface area contributed by atoms with Crippen LogP contribution >= 0.6 is 0 Å². The first kappa shape index (κ1) is 15.2. The molecule has 1 aliphatic rings. The summed E-state index contributed by atoms with van der Waals surface area (Å²) in [6, 6.07) is 17.7. The lowest BCUT2D eigenvalue weighted by molar-refractivity contribution is 0.404. The Hall–Kier alpha value is -3.07. The van der Waals surface area contributed by atoms with Gasteiger partial charge < -0.3 is 10.2 Å². The van der Waals surface area contributed by atoms with Gasteiger partial charge in [0.05, 0.1) is 11.2 Å². The highest BCUT2D eigenvalue weighted by Crippen LogP contribution is 2.39. The molecule has 5 rings (SSSR count). The molecule has 0 aliphatic heterocycles. The number of nitrogens with zero attached hydrogens (tertiary/aromatic N) is 1. The number of aromatic nitrogens is 1. The molecule has 3 nitrogen and oxygen atoms in total. The molecular weight excluding hydrogens is 322 g/mol. The van der Waals surface area contributed by atoms with Gasteiger partial charge >= 0.3 is 0 Å². The molecule has 1 aromatic heterocycles. The fourth-order valence-corrected chi connectivity index (χ4v) is 4.21. The third-order valence-corrected chi connectivity index (χ3v) is 5.44. The normalized spacial score (nSPS) is 13.8. The third kappa shape index (κ3) is 2.24. The average Bonchev–Trinajstić information content (AvgIpc) is 2.69. The number of hydrogen-bond acceptors (Lipinski definition) is 3. The number of phenolic OH excluding ortho intramolecular Hbond substituents is 2. The van der Waals surface area contributed by atoms with Crippen molar-refractivity contribution >= 4 is 21.7 Å². The summed E-state index contributed by atoms with van der Waals surface area (Å²) in [6.07, 6.45) is 4.40. The minimum absolute atomic E-state index is 0.102. The molecule has 4 aromatic rings. The first-order chi connectivity index (χ1) is 12.7. The van der Waals surface area contributed by atoms with Crippen LogP contribution in [-0.4, -0.2) is 15.2 Å². The SMILES string of the molecule is Oc1ccc(-c2nc3ccc4ccccc4c3c3c2CCCC3)cc1O. The lowest BCUT2D eigenvalue weighted by Gasteiger charge is -2.22. The predicted octanol–water partition coefficient (Wildman–Crippen LogP) is 5.35. The molecule has 2 N–H and O–H groups in total. The zero-order valence-electron chi connectivity index (χ0n) is 14.4. The maximum Gasteiger partial charge on any atom is 0.158 e. The van der Waals surface area contributed by atoms with Crippen molar-refractivity contribution in [2.45, 2.75) is 25.7 Å². The number of rotatable bonds is 1. The van der Waals surface area contributed by atoms with E-state index in [0.717, 1.165) is 36.0 Å². The zero-order valence-corrected chi connectivity index (χ0v) is 14.4. The van der Waals surface area contributed by atoms with Crippen LogP contribution in [0.4, 0.5) is 0 Å². The van der Waals surface area contributed by atoms with Gasteiger partial charge in [0.1, 0.15) is 0 Å². The van der Waals surface area contributed by atoms with E-state index in [4.69, 9.17) is 4.98 Å². The second-order valence-corrected chi connectivity index (χ2v) is 7.01. The number of benzene rings is 3. The van der Waals surface area contributed by atoms with Crippen LogP contribution in [0.25, 0.3) is 32.9 Å². The fourth-order valence-electron chi connectivity index (χ4n) is 4.21. The lowest BCUT2D eigenvalue weighted by atomic mass is 9.85. The summed E-state index contributed by atoms with van der Waals surface area (Å²) in [6.45, 7) is 0. The number of phenols is 2. The second-order valence-electron chi connectivity index (χ2n) is 7.01. The molecule has 0 radical (unpaired) electrons. The lowest BCUT2D eigenvalue weighted by Crippen LogP contribution is -2.08. The number of pyridine rings is 1. The highest BCUT2D eigenvalue weighted by Gasteiger charge is 2.21. The number of fused-ring (bicyclic) bond motifs is 5. The maximum atomic E-state index is 9.94. The smallest absolute Gasteiger partial charge is 0.158 e. The van der Waals surface area contributed by atoms with Gasteiger partial charge in [0, 0.05) is 10.9 Å². The van der Waals surface area contributed by atoms with Crippen molar-refractivity contribution in [3.05, 3.63) is 65.7 Å². The van der Waals surface area contributed by atoms with Crippen LogP contribution in [0.1, 0.15) is 24.0 Å². The molecule has 0 amide bonds. The van der Waals surface area contributed by atoms with Crippen molar-refractivity contribution in [3.63, 3.8) is 0 Å². The van der Waals surface area contributed by atoms with Crippen LogP contribution < -0.4 is 0 Å². The number of aromatic hydroxyl groups is 2. The molecule has 0 fully saturated rings. The number of aryl methyl sites for hydroxylation is 1. The highest BCUT2D eigenvalue weighted by molar-refractivity contribution is 6.09. The predicted molar refractivity (Wildman–Crippen MR) is 105 cm³/mol. The van der Waals surface area contributed by atoms with Crippen LogP contribution in [0.5, 0.6) is 11.5 Å². The molecule has 1 heterocycles. The van der Waals surface area contributed by atoms with Gasteiger partial charge in [0.2, 0.25) is 0 Å². The Bertz CT molecular complexity index is 1160. The van der Waals surface area contributed by atoms with Gasteiger partial charge in [0.15, 0.2) is 11.5 Å². The average molecular weight is 341 g/mol. The summed E-state index contributed by atoms with van der Waals surface area (Å²) < 4.78 is 0. The van der Waals surface area contributed by atoms with Crippen LogP contribution in [-0.2, 0) is 12.8 Å². The molecule has 0 atom stereocenters. The van der Waals surface area contributed by atoms with Gasteiger partial charge in [-0.15, -0.1) is 0 Å². The molecule has 3 heteroatoms. The highest BCUT2D eigenvalue weighted by atomic mass is 16.3. The van der Waals surface area contributed by atoms with Crippen molar-refractivity contribution in [2.75, 3.05) is 0 Å². The van der Waals surface area contributed by atoms with Crippen molar-refractivity contribution in [1.29, 1.82) is 0 Å². The van der Waals surface area contributed by atoms with Gasteiger partial charge in [-0.05, 0) is 71.8 Å². The first-order valence-electron chi connectivity index (χ1n) is 9.08. The maximum absolute atomic E-state index is 9.94. The topological polar surface area (TPSA) is 53.4 Å². The Balaban J connectivity index is 1.88. The van der Waals surface area contributed by atoms with Crippen LogP contribution in [0.2, 0.25) is 0 Å². The second kappa shape index (κ2) is 5.73. The van der Waals surface area contributed by atoms with E-state index in [9.17, 15) is 10.2 Å². The Morgan fingerprint density at radius 2 is 1.58 bits per heavy atom. The summed E-state index contributed by atoms with van der Waals surface area (Å²) >= 11 is 0. The molecule has 0 unspecified atom stereocenters. The summed E-state index contributed by atoms with van der Waals surface area (Å²) in [4.78, 5) is 4.99. The van der Waals surface area contributed by atoms with Gasteiger partial charge in [0.25, 0.3) is 0 Å². The van der Waals surface area contributed by atoms with E-state index in [0.29, 0.717) is 0 Å². The Morgan fingerprint density at radius 3 is 2.42 bits per heavy atom. The molecular formula is C23H19NO2. The zero-order chi connectivity index (χ0) is 17.7.